The number of halogens is 2. The van der Waals surface area contributed by atoms with Gasteiger partial charge in [-0.15, -0.1) is 0 Å². The molecular formula is C22H18F2N4O. The van der Waals surface area contributed by atoms with E-state index in [2.05, 4.69) is 15.4 Å². The van der Waals surface area contributed by atoms with Crippen LogP contribution in [-0.4, -0.2) is 27.2 Å². The predicted octanol–water partition coefficient (Wildman–Crippen LogP) is 3.89. The molecule has 0 bridgehead atoms. The van der Waals surface area contributed by atoms with E-state index in [1.807, 2.05) is 0 Å². The van der Waals surface area contributed by atoms with Crippen molar-refractivity contribution < 1.29 is 13.6 Å². The number of benzene rings is 2. The van der Waals surface area contributed by atoms with Crippen LogP contribution in [0.4, 0.5) is 8.78 Å². The SMILES string of the molecule is Cn1ncc2c(C(=O)NCCc3ccccc3F)cc(-c3ccc(F)cc3)nc21. The fraction of sp³-hybridized carbons (Fsp3) is 0.136. The molecule has 1 N–H and O–H groups in total. The van der Waals surface area contributed by atoms with Gasteiger partial charge in [0.2, 0.25) is 0 Å². The Morgan fingerprint density at radius 2 is 1.86 bits per heavy atom. The maximum Gasteiger partial charge on any atom is 0.252 e. The topological polar surface area (TPSA) is 59.8 Å². The second-order valence-corrected chi connectivity index (χ2v) is 6.66. The van der Waals surface area contributed by atoms with Gasteiger partial charge in [-0.2, -0.15) is 5.10 Å². The molecule has 29 heavy (non-hydrogen) atoms. The molecule has 2 aromatic heterocycles. The summed E-state index contributed by atoms with van der Waals surface area (Å²) in [4.78, 5) is 17.4. The number of amides is 1. The van der Waals surface area contributed by atoms with Crippen LogP contribution in [0.1, 0.15) is 15.9 Å². The van der Waals surface area contributed by atoms with Crippen molar-refractivity contribution in [3.05, 3.63) is 83.6 Å². The number of hydrogen-bond acceptors (Lipinski definition) is 3. The molecule has 1 amide bonds. The van der Waals surface area contributed by atoms with Gasteiger partial charge in [0, 0.05) is 19.2 Å². The first kappa shape index (κ1) is 18.7. The average Bonchev–Trinajstić information content (AvgIpc) is 3.10. The monoisotopic (exact) mass is 392 g/mol. The Kier molecular flexibility index (Phi) is 5.03. The molecule has 0 aliphatic heterocycles. The number of rotatable bonds is 5. The van der Waals surface area contributed by atoms with Gasteiger partial charge in [0.25, 0.3) is 5.91 Å². The van der Waals surface area contributed by atoms with E-state index in [-0.39, 0.29) is 24.1 Å². The van der Waals surface area contributed by atoms with Gasteiger partial charge in [-0.25, -0.2) is 13.8 Å². The van der Waals surface area contributed by atoms with Crippen molar-refractivity contribution in [3.63, 3.8) is 0 Å². The molecule has 0 aliphatic rings. The number of nitrogens with zero attached hydrogens (tertiary/aromatic N) is 3. The van der Waals surface area contributed by atoms with Crippen molar-refractivity contribution in [1.29, 1.82) is 0 Å². The first-order chi connectivity index (χ1) is 14.0. The number of aromatic nitrogens is 3. The third kappa shape index (κ3) is 3.85. The van der Waals surface area contributed by atoms with Gasteiger partial charge in [-0.05, 0) is 48.4 Å². The lowest BCUT2D eigenvalue weighted by Gasteiger charge is -2.09. The van der Waals surface area contributed by atoms with Crippen molar-refractivity contribution in [2.24, 2.45) is 7.05 Å². The highest BCUT2D eigenvalue weighted by Gasteiger charge is 2.16. The van der Waals surface area contributed by atoms with E-state index < -0.39 is 0 Å². The molecule has 0 fully saturated rings. The number of aryl methyl sites for hydroxylation is 1. The maximum absolute atomic E-state index is 13.8. The molecule has 0 radical (unpaired) electrons. The first-order valence-electron chi connectivity index (χ1n) is 9.13. The highest BCUT2D eigenvalue weighted by atomic mass is 19.1. The van der Waals surface area contributed by atoms with Crippen LogP contribution in [0.25, 0.3) is 22.3 Å². The summed E-state index contributed by atoms with van der Waals surface area (Å²) < 4.78 is 28.6. The lowest BCUT2D eigenvalue weighted by Crippen LogP contribution is -2.26. The summed E-state index contributed by atoms with van der Waals surface area (Å²) in [5.74, 6) is -0.939. The Morgan fingerprint density at radius 3 is 2.62 bits per heavy atom. The second-order valence-electron chi connectivity index (χ2n) is 6.66. The smallest absolute Gasteiger partial charge is 0.252 e. The number of carbonyl (C=O) groups is 1. The molecule has 0 saturated heterocycles. The Bertz CT molecular complexity index is 1190. The van der Waals surface area contributed by atoms with Crippen LogP contribution < -0.4 is 5.32 Å². The number of pyridine rings is 1. The van der Waals surface area contributed by atoms with Crippen molar-refractivity contribution in [1.82, 2.24) is 20.1 Å². The molecular weight excluding hydrogens is 374 g/mol. The van der Waals surface area contributed by atoms with Crippen LogP contribution in [0.3, 0.4) is 0 Å². The van der Waals surface area contributed by atoms with E-state index in [0.717, 1.165) is 0 Å². The molecule has 0 aliphatic carbocycles. The van der Waals surface area contributed by atoms with Crippen LogP contribution in [0.15, 0.2) is 60.8 Å². The Hall–Kier alpha value is -3.61. The third-order valence-electron chi connectivity index (χ3n) is 4.73. The molecule has 0 unspecified atom stereocenters. The minimum atomic E-state index is -0.346. The van der Waals surface area contributed by atoms with Gasteiger partial charge < -0.3 is 5.32 Å². The Morgan fingerprint density at radius 1 is 1.10 bits per heavy atom. The average molecular weight is 392 g/mol. The zero-order chi connectivity index (χ0) is 20.4. The normalized spacial score (nSPS) is 11.0. The molecule has 0 spiro atoms. The van der Waals surface area contributed by atoms with Crippen molar-refractivity contribution in [3.8, 4) is 11.3 Å². The molecule has 7 heteroatoms. The van der Waals surface area contributed by atoms with Crippen LogP contribution >= 0.6 is 0 Å². The summed E-state index contributed by atoms with van der Waals surface area (Å²) >= 11 is 0. The largest absolute Gasteiger partial charge is 0.352 e. The summed E-state index contributed by atoms with van der Waals surface area (Å²) in [6, 6.07) is 14.1. The van der Waals surface area contributed by atoms with Crippen molar-refractivity contribution in [2.75, 3.05) is 6.54 Å². The summed E-state index contributed by atoms with van der Waals surface area (Å²) in [7, 11) is 1.74. The van der Waals surface area contributed by atoms with E-state index in [4.69, 9.17) is 0 Å². The molecule has 0 atom stereocenters. The molecule has 146 valence electrons. The molecule has 5 nitrogen and oxygen atoms in total. The van der Waals surface area contributed by atoms with Gasteiger partial charge in [0.15, 0.2) is 5.65 Å². The maximum atomic E-state index is 13.8. The molecule has 4 rings (SSSR count). The van der Waals surface area contributed by atoms with Crippen LogP contribution in [0, 0.1) is 11.6 Å². The van der Waals surface area contributed by atoms with E-state index in [0.29, 0.717) is 39.8 Å². The highest BCUT2D eigenvalue weighted by molar-refractivity contribution is 6.06. The summed E-state index contributed by atoms with van der Waals surface area (Å²) in [5.41, 5.74) is 2.73. The van der Waals surface area contributed by atoms with Crippen LogP contribution in [0.2, 0.25) is 0 Å². The van der Waals surface area contributed by atoms with E-state index in [9.17, 15) is 13.6 Å². The summed E-state index contributed by atoms with van der Waals surface area (Å²) in [6.07, 6.45) is 1.97. The number of fused-ring (bicyclic) bond motifs is 1. The van der Waals surface area contributed by atoms with Gasteiger partial charge >= 0.3 is 0 Å². The molecule has 2 heterocycles. The zero-order valence-corrected chi connectivity index (χ0v) is 15.7. The van der Waals surface area contributed by atoms with Gasteiger partial charge in [-0.3, -0.25) is 9.48 Å². The lowest BCUT2D eigenvalue weighted by molar-refractivity contribution is 0.0955. The fourth-order valence-corrected chi connectivity index (χ4v) is 3.18. The molecule has 2 aromatic carbocycles. The lowest BCUT2D eigenvalue weighted by atomic mass is 10.1. The van der Waals surface area contributed by atoms with Gasteiger partial charge in [-0.1, -0.05) is 18.2 Å². The van der Waals surface area contributed by atoms with Crippen LogP contribution in [0.5, 0.6) is 0 Å². The Labute approximate surface area is 166 Å². The zero-order valence-electron chi connectivity index (χ0n) is 15.7. The minimum absolute atomic E-state index is 0.287. The molecule has 4 aromatic rings. The quantitative estimate of drug-likeness (QED) is 0.561. The third-order valence-corrected chi connectivity index (χ3v) is 4.73. The van der Waals surface area contributed by atoms with Crippen LogP contribution in [-0.2, 0) is 13.5 Å². The highest BCUT2D eigenvalue weighted by Crippen LogP contribution is 2.25. The second kappa shape index (κ2) is 7.79. The first-order valence-corrected chi connectivity index (χ1v) is 9.13. The van der Waals surface area contributed by atoms with Gasteiger partial charge in [0.05, 0.1) is 22.8 Å². The standard InChI is InChI=1S/C22H18F2N4O/c1-28-21-18(13-26-28)17(12-20(27-21)15-6-8-16(23)9-7-15)22(29)25-11-10-14-4-2-3-5-19(14)24/h2-9,12-13H,10-11H2,1H3,(H,25,29). The van der Waals surface area contributed by atoms with Crippen molar-refractivity contribution in [2.45, 2.75) is 6.42 Å². The van der Waals surface area contributed by atoms with E-state index >= 15 is 0 Å². The predicted molar refractivity (Wildman–Crippen MR) is 106 cm³/mol. The van der Waals surface area contributed by atoms with Gasteiger partial charge in [0.1, 0.15) is 11.6 Å². The van der Waals surface area contributed by atoms with E-state index in [1.54, 1.807) is 54.3 Å². The Balaban J connectivity index is 1.62. The minimum Gasteiger partial charge on any atom is -0.352 e. The summed E-state index contributed by atoms with van der Waals surface area (Å²) in [6.45, 7) is 0.287. The fourth-order valence-electron chi connectivity index (χ4n) is 3.18. The van der Waals surface area contributed by atoms with Crippen molar-refractivity contribution >= 4 is 16.9 Å². The summed E-state index contributed by atoms with van der Waals surface area (Å²) in [5, 5.41) is 7.64. The number of nitrogens with one attached hydrogen (secondary N) is 1. The van der Waals surface area contributed by atoms with E-state index in [1.165, 1.54) is 18.2 Å². The number of carbonyl (C=O) groups excluding carboxylic acids is 1. The molecule has 0 saturated carbocycles. The number of hydrogen-bond donors (Lipinski definition) is 1.